The van der Waals surface area contributed by atoms with Gasteiger partial charge >= 0.3 is 0 Å². The van der Waals surface area contributed by atoms with Gasteiger partial charge in [-0.15, -0.1) is 0 Å². The number of aryl methyl sites for hydroxylation is 2. The maximum Gasteiger partial charge on any atom is 0.277 e. The molecule has 0 unspecified atom stereocenters. The lowest BCUT2D eigenvalue weighted by atomic mass is 10.1. The molecule has 0 heterocycles. The largest absolute Gasteiger partial charge is 0.493 e. The van der Waals surface area contributed by atoms with Crippen LogP contribution < -0.4 is 19.6 Å². The molecule has 0 bridgehead atoms. The van der Waals surface area contributed by atoms with Crippen molar-refractivity contribution in [2.24, 2.45) is 5.10 Å². The molecule has 1 amide bonds. The van der Waals surface area contributed by atoms with Gasteiger partial charge in [0.25, 0.3) is 5.91 Å². The third kappa shape index (κ3) is 6.02. The Morgan fingerprint density at radius 1 is 1.00 bits per heavy atom. The second-order valence-electron chi connectivity index (χ2n) is 6.31. The lowest BCUT2D eigenvalue weighted by Gasteiger charge is -2.10. The molecule has 0 aliphatic rings. The number of nitrogens with one attached hydrogen (secondary N) is 1. The van der Waals surface area contributed by atoms with Crippen LogP contribution in [0, 0.1) is 13.8 Å². The Morgan fingerprint density at radius 3 is 2.44 bits per heavy atom. The average Bonchev–Trinajstić information content (AvgIpc) is 2.66. The van der Waals surface area contributed by atoms with Gasteiger partial charge in [0.1, 0.15) is 5.75 Å². The van der Waals surface area contributed by atoms with Gasteiger partial charge in [-0.1, -0.05) is 18.2 Å². The molecular weight excluding hydrogens is 344 g/mol. The van der Waals surface area contributed by atoms with Crippen LogP contribution in [0.25, 0.3) is 0 Å². The Hall–Kier alpha value is -3.02. The zero-order valence-corrected chi connectivity index (χ0v) is 16.5. The number of carbonyl (C=O) groups excluding carboxylic acids is 1. The predicted molar refractivity (Wildman–Crippen MR) is 106 cm³/mol. The predicted octanol–water partition coefficient (Wildman–Crippen LogP) is 3.43. The summed E-state index contributed by atoms with van der Waals surface area (Å²) in [5, 5.41) is 4.13. The first-order valence-corrected chi connectivity index (χ1v) is 8.66. The molecule has 2 aromatic rings. The summed E-state index contributed by atoms with van der Waals surface area (Å²) < 4.78 is 16.1. The van der Waals surface area contributed by atoms with E-state index in [2.05, 4.69) is 10.5 Å². The lowest BCUT2D eigenvalue weighted by molar-refractivity contribution is -0.123. The summed E-state index contributed by atoms with van der Waals surface area (Å²) >= 11 is 0. The smallest absolute Gasteiger partial charge is 0.277 e. The van der Waals surface area contributed by atoms with E-state index in [0.29, 0.717) is 23.7 Å². The van der Waals surface area contributed by atoms with Crippen LogP contribution in [0.1, 0.15) is 23.6 Å². The standard InChI is InChI=1S/C21H26N2O4/c1-14-6-7-15(2)19(10-14)27-13-21(24)23-22-16(3)11-17-8-9-18(25-4)20(12-17)26-5/h6-10,12H,11,13H2,1-5H3,(H,23,24)/b22-16-. The summed E-state index contributed by atoms with van der Waals surface area (Å²) in [6.45, 7) is 5.69. The Morgan fingerprint density at radius 2 is 1.74 bits per heavy atom. The topological polar surface area (TPSA) is 69.2 Å². The van der Waals surface area contributed by atoms with Gasteiger partial charge < -0.3 is 14.2 Å². The molecule has 2 rings (SSSR count). The number of rotatable bonds is 8. The van der Waals surface area contributed by atoms with Gasteiger partial charge in [-0.05, 0) is 55.7 Å². The minimum Gasteiger partial charge on any atom is -0.493 e. The monoisotopic (exact) mass is 370 g/mol. The third-order valence-corrected chi connectivity index (χ3v) is 3.98. The minimum absolute atomic E-state index is 0.0859. The Kier molecular flexibility index (Phi) is 7.23. The van der Waals surface area contributed by atoms with Crippen molar-refractivity contribution in [1.82, 2.24) is 5.43 Å². The van der Waals surface area contributed by atoms with Crippen LogP contribution in [0.2, 0.25) is 0 Å². The molecule has 144 valence electrons. The van der Waals surface area contributed by atoms with Gasteiger partial charge in [-0.2, -0.15) is 5.10 Å². The van der Waals surface area contributed by atoms with Crippen molar-refractivity contribution >= 4 is 11.6 Å². The highest BCUT2D eigenvalue weighted by atomic mass is 16.5. The van der Waals surface area contributed by atoms with Crippen molar-refractivity contribution < 1.29 is 19.0 Å². The normalized spacial score (nSPS) is 11.1. The number of hydrogen-bond donors (Lipinski definition) is 1. The summed E-state index contributed by atoms with van der Waals surface area (Å²) in [5.74, 6) is 1.74. The van der Waals surface area contributed by atoms with Gasteiger partial charge in [-0.3, -0.25) is 4.79 Å². The quantitative estimate of drug-likeness (QED) is 0.571. The van der Waals surface area contributed by atoms with E-state index in [1.807, 2.05) is 57.2 Å². The highest BCUT2D eigenvalue weighted by Gasteiger charge is 2.07. The number of ether oxygens (including phenoxy) is 3. The second-order valence-corrected chi connectivity index (χ2v) is 6.31. The van der Waals surface area contributed by atoms with E-state index in [-0.39, 0.29) is 12.5 Å². The highest BCUT2D eigenvalue weighted by Crippen LogP contribution is 2.27. The van der Waals surface area contributed by atoms with Gasteiger partial charge in [0.2, 0.25) is 0 Å². The second kappa shape index (κ2) is 9.62. The van der Waals surface area contributed by atoms with Crippen molar-refractivity contribution in [1.29, 1.82) is 0 Å². The van der Waals surface area contributed by atoms with Crippen LogP contribution in [0.5, 0.6) is 17.2 Å². The van der Waals surface area contributed by atoms with Crippen LogP contribution in [-0.2, 0) is 11.2 Å². The van der Waals surface area contributed by atoms with Crippen LogP contribution in [-0.4, -0.2) is 32.4 Å². The van der Waals surface area contributed by atoms with E-state index in [1.54, 1.807) is 14.2 Å². The van der Waals surface area contributed by atoms with Crippen molar-refractivity contribution in [2.45, 2.75) is 27.2 Å². The summed E-state index contributed by atoms with van der Waals surface area (Å²) in [4.78, 5) is 12.0. The molecule has 0 saturated heterocycles. The average molecular weight is 370 g/mol. The van der Waals surface area contributed by atoms with E-state index in [9.17, 15) is 4.79 Å². The van der Waals surface area contributed by atoms with Crippen LogP contribution in [0.4, 0.5) is 0 Å². The van der Waals surface area contributed by atoms with Gasteiger partial charge in [0.05, 0.1) is 14.2 Å². The fourth-order valence-corrected chi connectivity index (χ4v) is 2.52. The molecule has 0 fully saturated rings. The van der Waals surface area contributed by atoms with Crippen molar-refractivity contribution in [3.8, 4) is 17.2 Å². The fraction of sp³-hybridized carbons (Fsp3) is 0.333. The van der Waals surface area contributed by atoms with E-state index in [1.165, 1.54) is 0 Å². The van der Waals surface area contributed by atoms with Crippen molar-refractivity contribution in [2.75, 3.05) is 20.8 Å². The molecule has 0 saturated carbocycles. The summed E-state index contributed by atoms with van der Waals surface area (Å²) in [6, 6.07) is 11.6. The number of carbonyl (C=O) groups is 1. The van der Waals surface area contributed by atoms with Gasteiger partial charge in [0, 0.05) is 12.1 Å². The zero-order valence-electron chi connectivity index (χ0n) is 16.5. The van der Waals surface area contributed by atoms with E-state index in [4.69, 9.17) is 14.2 Å². The Labute approximate surface area is 160 Å². The van der Waals surface area contributed by atoms with Crippen LogP contribution >= 0.6 is 0 Å². The van der Waals surface area contributed by atoms with Gasteiger partial charge in [-0.25, -0.2) is 5.43 Å². The number of hydrogen-bond acceptors (Lipinski definition) is 5. The molecule has 2 aromatic carbocycles. The molecular formula is C21H26N2O4. The van der Waals surface area contributed by atoms with Crippen molar-refractivity contribution in [3.63, 3.8) is 0 Å². The fourth-order valence-electron chi connectivity index (χ4n) is 2.52. The molecule has 0 aliphatic heterocycles. The molecule has 0 spiro atoms. The maximum absolute atomic E-state index is 12.0. The highest BCUT2D eigenvalue weighted by molar-refractivity contribution is 5.86. The summed E-state index contributed by atoms with van der Waals surface area (Å²) in [7, 11) is 3.19. The lowest BCUT2D eigenvalue weighted by Crippen LogP contribution is -2.26. The van der Waals surface area contributed by atoms with Crippen LogP contribution in [0.15, 0.2) is 41.5 Å². The molecule has 0 radical (unpaired) electrons. The molecule has 6 heteroatoms. The maximum atomic E-state index is 12.0. The summed E-state index contributed by atoms with van der Waals surface area (Å²) in [5.41, 5.74) is 6.37. The molecule has 6 nitrogen and oxygen atoms in total. The minimum atomic E-state index is -0.303. The van der Waals surface area contributed by atoms with E-state index >= 15 is 0 Å². The Balaban J connectivity index is 1.89. The number of hydrazone groups is 1. The van der Waals surface area contributed by atoms with Crippen LogP contribution in [0.3, 0.4) is 0 Å². The number of benzene rings is 2. The first-order chi connectivity index (χ1) is 12.9. The number of amides is 1. The molecule has 0 aliphatic carbocycles. The van der Waals surface area contributed by atoms with E-state index < -0.39 is 0 Å². The first-order valence-electron chi connectivity index (χ1n) is 8.66. The summed E-state index contributed by atoms with van der Waals surface area (Å²) in [6.07, 6.45) is 0.582. The first kappa shape index (κ1) is 20.3. The molecule has 0 aromatic heterocycles. The van der Waals surface area contributed by atoms with Crippen molar-refractivity contribution in [3.05, 3.63) is 53.1 Å². The number of methoxy groups -OCH3 is 2. The third-order valence-electron chi connectivity index (χ3n) is 3.98. The zero-order chi connectivity index (χ0) is 19.8. The SMILES string of the molecule is COc1ccc(C/C(C)=N\NC(=O)COc2cc(C)ccc2C)cc1OC. The van der Waals surface area contributed by atoms with E-state index in [0.717, 1.165) is 22.4 Å². The molecule has 27 heavy (non-hydrogen) atoms. The van der Waals surface area contributed by atoms with Gasteiger partial charge in [0.15, 0.2) is 18.1 Å². The number of nitrogens with zero attached hydrogens (tertiary/aromatic N) is 1. The molecule has 1 N–H and O–H groups in total. The molecule has 0 atom stereocenters. The Bertz CT molecular complexity index is 831.